The van der Waals surface area contributed by atoms with Crippen LogP contribution in [0.1, 0.15) is 36.4 Å². The third kappa shape index (κ3) is 3.49. The Morgan fingerprint density at radius 2 is 1.87 bits per heavy atom. The van der Waals surface area contributed by atoms with Crippen molar-refractivity contribution in [1.82, 2.24) is 9.29 Å². The SMILES string of the molecule is Cc1ccc(S(=O)(=O)N2CCCC[C@@H]2c2ccc(Br)nc2)cc1. The van der Waals surface area contributed by atoms with Crippen molar-refractivity contribution in [2.24, 2.45) is 0 Å². The van der Waals surface area contributed by atoms with Crippen LogP contribution in [0.3, 0.4) is 0 Å². The van der Waals surface area contributed by atoms with Gasteiger partial charge in [-0.05, 0) is 59.5 Å². The van der Waals surface area contributed by atoms with E-state index in [9.17, 15) is 8.42 Å². The Bertz CT molecular complexity index is 773. The molecule has 2 heterocycles. The summed E-state index contributed by atoms with van der Waals surface area (Å²) in [6.45, 7) is 2.50. The molecular weight excluding hydrogens is 376 g/mol. The molecule has 6 heteroatoms. The van der Waals surface area contributed by atoms with Gasteiger partial charge in [0.05, 0.1) is 10.9 Å². The molecule has 0 bridgehead atoms. The molecule has 1 saturated heterocycles. The monoisotopic (exact) mass is 394 g/mol. The lowest BCUT2D eigenvalue weighted by Crippen LogP contribution is -2.38. The molecule has 1 aliphatic rings. The molecule has 122 valence electrons. The minimum absolute atomic E-state index is 0.143. The molecule has 0 N–H and O–H groups in total. The van der Waals surface area contributed by atoms with E-state index in [1.54, 1.807) is 22.6 Å². The van der Waals surface area contributed by atoms with Gasteiger partial charge in [-0.1, -0.05) is 30.2 Å². The van der Waals surface area contributed by atoms with Gasteiger partial charge in [-0.25, -0.2) is 13.4 Å². The quantitative estimate of drug-likeness (QED) is 0.737. The van der Waals surface area contributed by atoms with Crippen LogP contribution in [-0.2, 0) is 10.0 Å². The summed E-state index contributed by atoms with van der Waals surface area (Å²) in [6, 6.07) is 10.7. The van der Waals surface area contributed by atoms with E-state index in [-0.39, 0.29) is 6.04 Å². The molecule has 4 nitrogen and oxygen atoms in total. The smallest absolute Gasteiger partial charge is 0.243 e. The fourth-order valence-corrected chi connectivity index (χ4v) is 4.87. The standard InChI is InChI=1S/C17H19BrN2O2S/c1-13-5-8-15(9-6-13)23(21,22)20-11-3-2-4-16(20)14-7-10-17(18)19-12-14/h5-10,12,16H,2-4,11H2,1H3/t16-/m1/s1. The first-order valence-electron chi connectivity index (χ1n) is 7.68. The normalized spacial score (nSPS) is 19.7. The highest BCUT2D eigenvalue weighted by molar-refractivity contribution is 9.10. The van der Waals surface area contributed by atoms with Gasteiger partial charge in [0.2, 0.25) is 10.0 Å². The summed E-state index contributed by atoms with van der Waals surface area (Å²) in [5.74, 6) is 0. The number of benzene rings is 1. The molecule has 0 amide bonds. The Labute approximate surface area is 145 Å². The second-order valence-corrected chi connectivity index (χ2v) is 8.56. The second-order valence-electron chi connectivity index (χ2n) is 5.85. The third-order valence-electron chi connectivity index (χ3n) is 4.22. The fraction of sp³-hybridized carbons (Fsp3) is 0.353. The van der Waals surface area contributed by atoms with Gasteiger partial charge < -0.3 is 0 Å². The predicted octanol–water partition coefficient (Wildman–Crippen LogP) is 4.07. The van der Waals surface area contributed by atoms with Crippen LogP contribution in [0.25, 0.3) is 0 Å². The van der Waals surface area contributed by atoms with Gasteiger partial charge in [0.25, 0.3) is 0 Å². The van der Waals surface area contributed by atoms with Crippen LogP contribution in [0.4, 0.5) is 0 Å². The number of halogens is 1. The van der Waals surface area contributed by atoms with Crippen molar-refractivity contribution in [3.63, 3.8) is 0 Å². The van der Waals surface area contributed by atoms with E-state index in [2.05, 4.69) is 20.9 Å². The maximum atomic E-state index is 13.0. The summed E-state index contributed by atoms with van der Waals surface area (Å²) in [5.41, 5.74) is 2.00. The largest absolute Gasteiger partial charge is 0.249 e. The Morgan fingerprint density at radius 1 is 1.13 bits per heavy atom. The van der Waals surface area contributed by atoms with Crippen LogP contribution in [0, 0.1) is 6.92 Å². The van der Waals surface area contributed by atoms with Crippen molar-refractivity contribution in [2.75, 3.05) is 6.54 Å². The number of nitrogens with zero attached hydrogens (tertiary/aromatic N) is 2. The van der Waals surface area contributed by atoms with Gasteiger partial charge in [0, 0.05) is 12.7 Å². The summed E-state index contributed by atoms with van der Waals surface area (Å²) in [5, 5.41) is 0. The summed E-state index contributed by atoms with van der Waals surface area (Å²) < 4.78 is 28.5. The zero-order chi connectivity index (χ0) is 16.4. The van der Waals surface area contributed by atoms with E-state index in [0.717, 1.165) is 35.0 Å². The Morgan fingerprint density at radius 3 is 2.52 bits per heavy atom. The first-order chi connectivity index (χ1) is 11.0. The highest BCUT2D eigenvalue weighted by Crippen LogP contribution is 2.35. The topological polar surface area (TPSA) is 50.3 Å². The second kappa shape index (κ2) is 6.71. The molecule has 1 aromatic carbocycles. The molecule has 1 aromatic heterocycles. The molecule has 0 unspecified atom stereocenters. The van der Waals surface area contributed by atoms with Gasteiger partial charge >= 0.3 is 0 Å². The van der Waals surface area contributed by atoms with Crippen molar-refractivity contribution in [3.05, 3.63) is 58.3 Å². The molecule has 1 atom stereocenters. The molecular formula is C17H19BrN2O2S. The number of hydrogen-bond donors (Lipinski definition) is 0. The molecule has 0 spiro atoms. The fourth-order valence-electron chi connectivity index (χ4n) is 2.96. The predicted molar refractivity (Wildman–Crippen MR) is 93.6 cm³/mol. The Hall–Kier alpha value is -1.24. The van der Waals surface area contributed by atoms with E-state index < -0.39 is 10.0 Å². The summed E-state index contributed by atoms with van der Waals surface area (Å²) in [4.78, 5) is 4.61. The maximum Gasteiger partial charge on any atom is 0.243 e. The van der Waals surface area contributed by atoms with E-state index in [1.807, 2.05) is 31.2 Å². The molecule has 0 radical (unpaired) electrons. The zero-order valence-corrected chi connectivity index (χ0v) is 15.3. The lowest BCUT2D eigenvalue weighted by Gasteiger charge is -2.34. The molecule has 0 saturated carbocycles. The molecule has 2 aromatic rings. The average Bonchev–Trinajstić information content (AvgIpc) is 2.56. The first-order valence-corrected chi connectivity index (χ1v) is 9.92. The number of pyridine rings is 1. The highest BCUT2D eigenvalue weighted by Gasteiger charge is 2.34. The van der Waals surface area contributed by atoms with Crippen LogP contribution in [0.15, 0.2) is 52.1 Å². The van der Waals surface area contributed by atoms with Crippen molar-refractivity contribution in [3.8, 4) is 0 Å². The minimum atomic E-state index is -3.49. The van der Waals surface area contributed by atoms with E-state index in [0.29, 0.717) is 11.4 Å². The van der Waals surface area contributed by atoms with Crippen molar-refractivity contribution in [2.45, 2.75) is 37.1 Å². The lowest BCUT2D eigenvalue weighted by molar-refractivity contribution is 0.255. The molecule has 23 heavy (non-hydrogen) atoms. The van der Waals surface area contributed by atoms with Crippen LogP contribution in [0.5, 0.6) is 0 Å². The van der Waals surface area contributed by atoms with Gasteiger partial charge in [-0.3, -0.25) is 0 Å². The van der Waals surface area contributed by atoms with E-state index in [1.165, 1.54) is 0 Å². The summed E-state index contributed by atoms with van der Waals surface area (Å²) >= 11 is 3.32. The lowest BCUT2D eigenvalue weighted by atomic mass is 9.99. The minimum Gasteiger partial charge on any atom is -0.249 e. The van der Waals surface area contributed by atoms with Crippen LogP contribution < -0.4 is 0 Å². The number of aromatic nitrogens is 1. The highest BCUT2D eigenvalue weighted by atomic mass is 79.9. The number of rotatable bonds is 3. The summed E-state index contributed by atoms with van der Waals surface area (Å²) in [7, 11) is -3.49. The molecule has 1 aliphatic heterocycles. The maximum absolute atomic E-state index is 13.0. The number of aryl methyl sites for hydroxylation is 1. The Kier molecular flexibility index (Phi) is 4.85. The summed E-state index contributed by atoms with van der Waals surface area (Å²) in [6.07, 6.45) is 4.51. The molecule has 0 aliphatic carbocycles. The van der Waals surface area contributed by atoms with E-state index in [4.69, 9.17) is 0 Å². The van der Waals surface area contributed by atoms with Crippen molar-refractivity contribution >= 4 is 26.0 Å². The molecule has 3 rings (SSSR count). The van der Waals surface area contributed by atoms with Gasteiger partial charge in [0.15, 0.2) is 0 Å². The number of hydrogen-bond acceptors (Lipinski definition) is 3. The Balaban J connectivity index is 1.97. The molecule has 1 fully saturated rings. The van der Waals surface area contributed by atoms with Crippen LogP contribution >= 0.6 is 15.9 Å². The van der Waals surface area contributed by atoms with Crippen molar-refractivity contribution < 1.29 is 8.42 Å². The van der Waals surface area contributed by atoms with Crippen LogP contribution in [-0.4, -0.2) is 24.3 Å². The average molecular weight is 395 g/mol. The van der Waals surface area contributed by atoms with Crippen LogP contribution in [0.2, 0.25) is 0 Å². The van der Waals surface area contributed by atoms with Crippen molar-refractivity contribution in [1.29, 1.82) is 0 Å². The van der Waals surface area contributed by atoms with Gasteiger partial charge in [-0.15, -0.1) is 0 Å². The first kappa shape index (κ1) is 16.6. The van der Waals surface area contributed by atoms with Gasteiger partial charge in [-0.2, -0.15) is 4.31 Å². The van der Waals surface area contributed by atoms with E-state index >= 15 is 0 Å². The van der Waals surface area contributed by atoms with Gasteiger partial charge in [0.1, 0.15) is 4.60 Å². The number of piperidine rings is 1. The zero-order valence-electron chi connectivity index (χ0n) is 12.9. The number of sulfonamides is 1. The third-order valence-corrected chi connectivity index (χ3v) is 6.61.